The summed E-state index contributed by atoms with van der Waals surface area (Å²) in [5.41, 5.74) is 11.7. The molecule has 0 bridgehead atoms. The fourth-order valence-electron chi connectivity index (χ4n) is 1.70. The van der Waals surface area contributed by atoms with Gasteiger partial charge in [-0.2, -0.15) is 0 Å². The Morgan fingerprint density at radius 1 is 1.28 bits per heavy atom. The molecule has 5 nitrogen and oxygen atoms in total. The molecule has 0 aromatic heterocycles. The van der Waals surface area contributed by atoms with Crippen LogP contribution in [0.3, 0.4) is 0 Å². The van der Waals surface area contributed by atoms with Crippen LogP contribution in [0.2, 0.25) is 0 Å². The van der Waals surface area contributed by atoms with E-state index in [0.29, 0.717) is 6.54 Å². The predicted molar refractivity (Wildman–Crippen MR) is 81.7 cm³/mol. The maximum atomic E-state index is 5.35. The molecule has 4 N–H and O–H groups in total. The standard InChI is InChI=1S/C12H17N3O2.HI/c1-12(2,6-15-11(13)14)8-3-4-9-10(5-8)17-7-16-9;/h3-5H,6-7H2,1-2H3,(H4,13,14,15);1H. The Bertz CT molecular complexity index is 457. The molecule has 18 heavy (non-hydrogen) atoms. The number of halogens is 1. The molecule has 0 fully saturated rings. The van der Waals surface area contributed by atoms with E-state index in [0.717, 1.165) is 17.1 Å². The molecule has 1 aliphatic heterocycles. The summed E-state index contributed by atoms with van der Waals surface area (Å²) >= 11 is 0. The zero-order valence-electron chi connectivity index (χ0n) is 10.5. The average molecular weight is 363 g/mol. The van der Waals surface area contributed by atoms with Gasteiger partial charge in [0.1, 0.15) is 0 Å². The molecule has 0 radical (unpaired) electrons. The van der Waals surface area contributed by atoms with Crippen LogP contribution in [0, 0.1) is 0 Å². The second-order valence-electron chi connectivity index (χ2n) is 4.69. The summed E-state index contributed by atoms with van der Waals surface area (Å²) in [6, 6.07) is 5.90. The van der Waals surface area contributed by atoms with Crippen molar-refractivity contribution in [1.82, 2.24) is 0 Å². The van der Waals surface area contributed by atoms with Crippen molar-refractivity contribution in [2.75, 3.05) is 13.3 Å². The van der Waals surface area contributed by atoms with Crippen LogP contribution in [-0.4, -0.2) is 19.3 Å². The van der Waals surface area contributed by atoms with Gasteiger partial charge in [0.05, 0.1) is 6.54 Å². The van der Waals surface area contributed by atoms with Crippen molar-refractivity contribution < 1.29 is 9.47 Å². The third-order valence-corrected chi connectivity index (χ3v) is 2.81. The van der Waals surface area contributed by atoms with Crippen molar-refractivity contribution in [3.8, 4) is 11.5 Å². The highest BCUT2D eigenvalue weighted by molar-refractivity contribution is 14.0. The summed E-state index contributed by atoms with van der Waals surface area (Å²) in [4.78, 5) is 4.07. The first-order valence-electron chi connectivity index (χ1n) is 5.44. The van der Waals surface area contributed by atoms with Crippen LogP contribution in [0.4, 0.5) is 0 Å². The van der Waals surface area contributed by atoms with Crippen LogP contribution < -0.4 is 20.9 Å². The molecule has 0 aliphatic carbocycles. The lowest BCUT2D eigenvalue weighted by molar-refractivity contribution is 0.174. The van der Waals surface area contributed by atoms with E-state index in [2.05, 4.69) is 18.8 Å². The van der Waals surface area contributed by atoms with Crippen molar-refractivity contribution in [3.05, 3.63) is 23.8 Å². The van der Waals surface area contributed by atoms with E-state index < -0.39 is 0 Å². The van der Waals surface area contributed by atoms with Gasteiger partial charge >= 0.3 is 0 Å². The summed E-state index contributed by atoms with van der Waals surface area (Å²) in [5.74, 6) is 1.67. The molecule has 2 rings (SSSR count). The van der Waals surface area contributed by atoms with E-state index in [1.54, 1.807) is 0 Å². The minimum Gasteiger partial charge on any atom is -0.454 e. The van der Waals surface area contributed by atoms with Crippen LogP contribution >= 0.6 is 24.0 Å². The van der Waals surface area contributed by atoms with Gasteiger partial charge in [-0.05, 0) is 17.7 Å². The Hall–Kier alpha value is -1.18. The minimum absolute atomic E-state index is 0. The van der Waals surface area contributed by atoms with Gasteiger partial charge in [0.2, 0.25) is 6.79 Å². The number of hydrogen-bond acceptors (Lipinski definition) is 3. The molecule has 0 atom stereocenters. The van der Waals surface area contributed by atoms with Crippen molar-refractivity contribution >= 4 is 29.9 Å². The molecule has 0 saturated heterocycles. The topological polar surface area (TPSA) is 82.9 Å². The Morgan fingerprint density at radius 2 is 1.94 bits per heavy atom. The lowest BCUT2D eigenvalue weighted by atomic mass is 9.84. The summed E-state index contributed by atoms with van der Waals surface area (Å²) < 4.78 is 10.6. The summed E-state index contributed by atoms with van der Waals surface area (Å²) in [6.45, 7) is 4.98. The highest BCUT2D eigenvalue weighted by Gasteiger charge is 2.23. The molecule has 100 valence electrons. The van der Waals surface area contributed by atoms with Crippen LogP contribution in [0.1, 0.15) is 19.4 Å². The highest BCUT2D eigenvalue weighted by Crippen LogP contribution is 2.36. The lowest BCUT2D eigenvalue weighted by Gasteiger charge is -2.23. The summed E-state index contributed by atoms with van der Waals surface area (Å²) in [5, 5.41) is 0. The van der Waals surface area contributed by atoms with E-state index >= 15 is 0 Å². The number of hydrogen-bond donors (Lipinski definition) is 2. The fraction of sp³-hybridized carbons (Fsp3) is 0.417. The number of aliphatic imine (C=N–C) groups is 1. The first-order chi connectivity index (χ1) is 7.99. The number of rotatable bonds is 3. The van der Waals surface area contributed by atoms with Crippen molar-refractivity contribution in [2.45, 2.75) is 19.3 Å². The Labute approximate surface area is 124 Å². The van der Waals surface area contributed by atoms with Gasteiger partial charge in [0.15, 0.2) is 17.5 Å². The Morgan fingerprint density at radius 3 is 2.61 bits per heavy atom. The van der Waals surface area contributed by atoms with Crippen LogP contribution in [-0.2, 0) is 5.41 Å². The molecule has 1 aromatic carbocycles. The van der Waals surface area contributed by atoms with Gasteiger partial charge < -0.3 is 20.9 Å². The molecule has 0 spiro atoms. The lowest BCUT2D eigenvalue weighted by Crippen LogP contribution is -2.28. The Balaban J connectivity index is 0.00000162. The monoisotopic (exact) mass is 363 g/mol. The average Bonchev–Trinajstić information content (AvgIpc) is 2.73. The summed E-state index contributed by atoms with van der Waals surface area (Å²) in [7, 11) is 0. The summed E-state index contributed by atoms with van der Waals surface area (Å²) in [6.07, 6.45) is 0. The fourth-order valence-corrected chi connectivity index (χ4v) is 1.70. The molecule has 0 saturated carbocycles. The number of benzene rings is 1. The number of nitrogens with two attached hydrogens (primary N) is 2. The maximum absolute atomic E-state index is 5.35. The van der Waals surface area contributed by atoms with E-state index in [-0.39, 0.29) is 42.1 Å². The van der Waals surface area contributed by atoms with E-state index in [4.69, 9.17) is 20.9 Å². The van der Waals surface area contributed by atoms with E-state index in [1.807, 2.05) is 18.2 Å². The number of guanidine groups is 1. The van der Waals surface area contributed by atoms with Crippen molar-refractivity contribution in [2.24, 2.45) is 16.5 Å². The van der Waals surface area contributed by atoms with Gasteiger partial charge in [-0.25, -0.2) is 0 Å². The van der Waals surface area contributed by atoms with Crippen LogP contribution in [0.5, 0.6) is 11.5 Å². The largest absolute Gasteiger partial charge is 0.454 e. The van der Waals surface area contributed by atoms with E-state index in [9.17, 15) is 0 Å². The molecule has 0 amide bonds. The molecule has 1 aliphatic rings. The Kier molecular flexibility index (Phi) is 4.66. The second-order valence-corrected chi connectivity index (χ2v) is 4.69. The third kappa shape index (κ3) is 3.18. The van der Waals surface area contributed by atoms with E-state index in [1.165, 1.54) is 0 Å². The van der Waals surface area contributed by atoms with Gasteiger partial charge in [0.25, 0.3) is 0 Å². The second kappa shape index (κ2) is 5.64. The molecular formula is C12H18IN3O2. The first kappa shape index (κ1) is 14.9. The van der Waals surface area contributed by atoms with Crippen molar-refractivity contribution in [3.63, 3.8) is 0 Å². The highest BCUT2D eigenvalue weighted by atomic mass is 127. The smallest absolute Gasteiger partial charge is 0.231 e. The number of nitrogens with zero attached hydrogens (tertiary/aromatic N) is 1. The molecule has 6 heteroatoms. The zero-order chi connectivity index (χ0) is 12.5. The molecule has 1 heterocycles. The zero-order valence-corrected chi connectivity index (χ0v) is 12.8. The van der Waals surface area contributed by atoms with Gasteiger partial charge in [-0.1, -0.05) is 19.9 Å². The SMILES string of the molecule is CC(C)(CN=C(N)N)c1ccc2c(c1)OCO2.I. The minimum atomic E-state index is -0.148. The number of ether oxygens (including phenoxy) is 2. The van der Waals surface area contributed by atoms with Crippen LogP contribution in [0.15, 0.2) is 23.2 Å². The van der Waals surface area contributed by atoms with Crippen molar-refractivity contribution in [1.29, 1.82) is 0 Å². The molecular weight excluding hydrogens is 345 g/mol. The normalized spacial score (nSPS) is 12.8. The van der Waals surface area contributed by atoms with Gasteiger partial charge in [-0.3, -0.25) is 4.99 Å². The third-order valence-electron chi connectivity index (χ3n) is 2.81. The number of fused-ring (bicyclic) bond motifs is 1. The molecule has 0 unspecified atom stereocenters. The molecule has 1 aromatic rings. The maximum Gasteiger partial charge on any atom is 0.231 e. The van der Waals surface area contributed by atoms with Gasteiger partial charge in [0, 0.05) is 5.41 Å². The first-order valence-corrected chi connectivity index (χ1v) is 5.44. The quantitative estimate of drug-likeness (QED) is 0.485. The van der Waals surface area contributed by atoms with Gasteiger partial charge in [-0.15, -0.1) is 24.0 Å². The predicted octanol–water partition coefficient (Wildman–Crippen LogP) is 1.58. The van der Waals surface area contributed by atoms with Crippen LogP contribution in [0.25, 0.3) is 0 Å².